The Morgan fingerprint density at radius 2 is 2.21 bits per heavy atom. The van der Waals surface area contributed by atoms with Crippen molar-refractivity contribution in [1.29, 1.82) is 0 Å². The number of benzene rings is 1. The number of methoxy groups -OCH3 is 1. The van der Waals surface area contributed by atoms with E-state index in [0.29, 0.717) is 23.5 Å². The molecule has 1 aromatic carbocycles. The van der Waals surface area contributed by atoms with E-state index in [0.717, 1.165) is 25.3 Å². The van der Waals surface area contributed by atoms with E-state index in [1.54, 1.807) is 18.3 Å². The second-order valence-electron chi connectivity index (χ2n) is 6.36. The Kier molecular flexibility index (Phi) is 3.98. The van der Waals surface area contributed by atoms with Crippen LogP contribution in [0.4, 0.5) is 10.1 Å². The minimum absolute atomic E-state index is 0.0827. The lowest BCUT2D eigenvalue weighted by Crippen LogP contribution is -2.41. The first-order chi connectivity index (χ1) is 11.7. The highest BCUT2D eigenvalue weighted by Gasteiger charge is 2.32. The normalized spacial score (nSPS) is 22.5. The van der Waals surface area contributed by atoms with E-state index in [4.69, 9.17) is 9.47 Å². The summed E-state index contributed by atoms with van der Waals surface area (Å²) in [6.07, 6.45) is 4.66. The Balaban J connectivity index is 1.57. The molecule has 2 unspecified atom stereocenters. The number of ether oxygens (including phenoxy) is 2. The molecule has 2 aromatic rings. The highest BCUT2D eigenvalue weighted by atomic mass is 19.1. The van der Waals surface area contributed by atoms with Crippen LogP contribution in [-0.2, 0) is 0 Å². The SMILES string of the molecule is COc1cccc(F)c1Oc1cncc(N2CC3CNC(C3)C2)c1. The molecule has 1 aromatic heterocycles. The third-order valence-electron chi connectivity index (χ3n) is 4.67. The molecule has 3 heterocycles. The minimum Gasteiger partial charge on any atom is -0.493 e. The van der Waals surface area contributed by atoms with Crippen molar-refractivity contribution in [3.8, 4) is 17.2 Å². The van der Waals surface area contributed by atoms with Crippen molar-refractivity contribution in [3.63, 3.8) is 0 Å². The van der Waals surface area contributed by atoms with Crippen LogP contribution in [-0.4, -0.2) is 37.8 Å². The second kappa shape index (κ2) is 6.28. The average molecular weight is 329 g/mol. The Bertz CT molecular complexity index is 728. The van der Waals surface area contributed by atoms with Crippen molar-refractivity contribution in [2.45, 2.75) is 12.5 Å². The molecule has 0 amide bonds. The predicted octanol–water partition coefficient (Wildman–Crippen LogP) is 2.82. The lowest BCUT2D eigenvalue weighted by molar-refractivity contribution is 0.363. The van der Waals surface area contributed by atoms with Gasteiger partial charge < -0.3 is 19.7 Å². The van der Waals surface area contributed by atoms with E-state index in [1.807, 2.05) is 12.3 Å². The summed E-state index contributed by atoms with van der Waals surface area (Å²) >= 11 is 0. The van der Waals surface area contributed by atoms with Crippen LogP contribution in [0.25, 0.3) is 0 Å². The van der Waals surface area contributed by atoms with Gasteiger partial charge in [0, 0.05) is 31.7 Å². The van der Waals surface area contributed by atoms with Crippen LogP contribution < -0.4 is 19.7 Å². The summed E-state index contributed by atoms with van der Waals surface area (Å²) in [5, 5.41) is 3.54. The van der Waals surface area contributed by atoms with E-state index in [-0.39, 0.29) is 5.75 Å². The van der Waals surface area contributed by atoms with Gasteiger partial charge in [-0.25, -0.2) is 4.39 Å². The molecule has 1 N–H and O–H groups in total. The number of hydrogen-bond donors (Lipinski definition) is 1. The van der Waals surface area contributed by atoms with Crippen LogP contribution in [0.1, 0.15) is 6.42 Å². The predicted molar refractivity (Wildman–Crippen MR) is 89.4 cm³/mol. The molecule has 2 atom stereocenters. The van der Waals surface area contributed by atoms with Crippen molar-refractivity contribution in [2.24, 2.45) is 5.92 Å². The topological polar surface area (TPSA) is 46.6 Å². The van der Waals surface area contributed by atoms with Gasteiger partial charge in [0.15, 0.2) is 11.6 Å². The van der Waals surface area contributed by atoms with Crippen LogP contribution in [0.5, 0.6) is 17.2 Å². The standard InChI is InChI=1S/C18H20FN3O2/c1-23-17-4-2-3-16(19)18(17)24-15-6-14(8-20-9-15)22-10-12-5-13(11-22)21-7-12/h2-4,6,8-9,12-13,21H,5,7,10-11H2,1H3. The number of rotatable bonds is 4. The van der Waals surface area contributed by atoms with Crippen molar-refractivity contribution in [3.05, 3.63) is 42.5 Å². The fourth-order valence-corrected chi connectivity index (χ4v) is 3.55. The summed E-state index contributed by atoms with van der Waals surface area (Å²) in [4.78, 5) is 6.58. The number of hydrogen-bond acceptors (Lipinski definition) is 5. The monoisotopic (exact) mass is 329 g/mol. The molecule has 2 saturated heterocycles. The zero-order valence-corrected chi connectivity index (χ0v) is 13.5. The lowest BCUT2D eigenvalue weighted by Gasteiger charge is -2.32. The van der Waals surface area contributed by atoms with E-state index < -0.39 is 5.82 Å². The third kappa shape index (κ3) is 2.89. The number of anilines is 1. The van der Waals surface area contributed by atoms with Crippen molar-refractivity contribution in [2.75, 3.05) is 31.6 Å². The van der Waals surface area contributed by atoms with Gasteiger partial charge in [-0.15, -0.1) is 0 Å². The molecule has 0 aliphatic carbocycles. The van der Waals surface area contributed by atoms with E-state index >= 15 is 0 Å². The van der Waals surface area contributed by atoms with Gasteiger partial charge >= 0.3 is 0 Å². The molecular formula is C18H20FN3O2. The van der Waals surface area contributed by atoms with Gasteiger partial charge in [0.2, 0.25) is 5.75 Å². The Morgan fingerprint density at radius 1 is 1.29 bits per heavy atom. The number of pyridine rings is 1. The summed E-state index contributed by atoms with van der Waals surface area (Å²) in [5.41, 5.74) is 1.00. The van der Waals surface area contributed by atoms with Crippen molar-refractivity contribution in [1.82, 2.24) is 10.3 Å². The highest BCUT2D eigenvalue weighted by Crippen LogP contribution is 2.35. The Hall–Kier alpha value is -2.34. The Morgan fingerprint density at radius 3 is 3.04 bits per heavy atom. The second-order valence-corrected chi connectivity index (χ2v) is 6.36. The molecule has 24 heavy (non-hydrogen) atoms. The summed E-state index contributed by atoms with van der Waals surface area (Å²) in [6, 6.07) is 7.06. The molecule has 2 fully saturated rings. The molecule has 2 aliphatic heterocycles. The molecule has 0 saturated carbocycles. The molecule has 0 spiro atoms. The van der Waals surface area contributed by atoms with Gasteiger partial charge in [-0.2, -0.15) is 0 Å². The molecule has 6 heteroatoms. The number of halogens is 1. The summed E-state index contributed by atoms with van der Waals surface area (Å²) in [7, 11) is 1.49. The Labute approximate surface area is 140 Å². The van der Waals surface area contributed by atoms with Crippen LogP contribution >= 0.6 is 0 Å². The van der Waals surface area contributed by atoms with Gasteiger partial charge in [-0.3, -0.25) is 4.98 Å². The molecule has 2 bridgehead atoms. The van der Waals surface area contributed by atoms with Crippen LogP contribution in [0.15, 0.2) is 36.7 Å². The van der Waals surface area contributed by atoms with Crippen molar-refractivity contribution >= 4 is 5.69 Å². The maximum absolute atomic E-state index is 14.0. The summed E-state index contributed by atoms with van der Waals surface area (Å²) < 4.78 is 24.9. The lowest BCUT2D eigenvalue weighted by atomic mass is 10.00. The summed E-state index contributed by atoms with van der Waals surface area (Å²) in [6.45, 7) is 3.06. The smallest absolute Gasteiger partial charge is 0.204 e. The van der Waals surface area contributed by atoms with Crippen LogP contribution in [0.2, 0.25) is 0 Å². The quantitative estimate of drug-likeness (QED) is 0.935. The minimum atomic E-state index is -0.458. The first-order valence-electron chi connectivity index (χ1n) is 8.16. The molecule has 126 valence electrons. The fraction of sp³-hybridized carbons (Fsp3) is 0.389. The van der Waals surface area contributed by atoms with Gasteiger partial charge in [-0.1, -0.05) is 6.07 Å². The average Bonchev–Trinajstić information content (AvgIpc) is 2.95. The third-order valence-corrected chi connectivity index (χ3v) is 4.67. The molecular weight excluding hydrogens is 309 g/mol. The first kappa shape index (κ1) is 15.2. The highest BCUT2D eigenvalue weighted by molar-refractivity contribution is 5.51. The van der Waals surface area contributed by atoms with E-state index in [9.17, 15) is 4.39 Å². The first-order valence-corrected chi connectivity index (χ1v) is 8.16. The number of para-hydroxylation sites is 1. The number of piperidine rings is 1. The maximum atomic E-state index is 14.0. The summed E-state index contributed by atoms with van der Waals surface area (Å²) in [5.74, 6) is 1.17. The zero-order chi connectivity index (χ0) is 16.5. The maximum Gasteiger partial charge on any atom is 0.204 e. The van der Waals surface area contributed by atoms with Crippen LogP contribution in [0.3, 0.4) is 0 Å². The molecule has 2 aliphatic rings. The number of nitrogens with zero attached hydrogens (tertiary/aromatic N) is 2. The molecule has 4 rings (SSSR count). The van der Waals surface area contributed by atoms with Crippen molar-refractivity contribution < 1.29 is 13.9 Å². The van der Waals surface area contributed by atoms with Crippen LogP contribution in [0, 0.1) is 11.7 Å². The molecule has 5 nitrogen and oxygen atoms in total. The largest absolute Gasteiger partial charge is 0.493 e. The fourth-order valence-electron chi connectivity index (χ4n) is 3.55. The number of aromatic nitrogens is 1. The van der Waals surface area contributed by atoms with Gasteiger partial charge in [-0.05, 0) is 24.5 Å². The molecule has 0 radical (unpaired) electrons. The van der Waals surface area contributed by atoms with E-state index in [1.165, 1.54) is 19.6 Å². The van der Waals surface area contributed by atoms with Gasteiger partial charge in [0.1, 0.15) is 5.75 Å². The van der Waals surface area contributed by atoms with Gasteiger partial charge in [0.25, 0.3) is 0 Å². The number of nitrogens with one attached hydrogen (secondary N) is 1. The zero-order valence-electron chi connectivity index (χ0n) is 13.5. The van der Waals surface area contributed by atoms with Gasteiger partial charge in [0.05, 0.1) is 25.2 Å². The number of fused-ring (bicyclic) bond motifs is 2. The van der Waals surface area contributed by atoms with E-state index in [2.05, 4.69) is 15.2 Å².